The van der Waals surface area contributed by atoms with Crippen molar-refractivity contribution in [1.29, 1.82) is 0 Å². The van der Waals surface area contributed by atoms with Crippen molar-refractivity contribution in [3.63, 3.8) is 0 Å². The molecular formula is C40H23N3S. The maximum absolute atomic E-state index is 5.20. The molecule has 0 spiro atoms. The van der Waals surface area contributed by atoms with E-state index in [1.54, 1.807) is 0 Å². The van der Waals surface area contributed by atoms with Gasteiger partial charge in [-0.15, -0.1) is 11.3 Å². The molecule has 6 aromatic carbocycles. The summed E-state index contributed by atoms with van der Waals surface area (Å²) in [6.45, 7) is 0. The molecule has 0 aliphatic rings. The molecule has 4 heterocycles. The van der Waals surface area contributed by atoms with E-state index < -0.39 is 0 Å². The Morgan fingerprint density at radius 3 is 2.23 bits per heavy atom. The van der Waals surface area contributed by atoms with Gasteiger partial charge in [0.05, 0.1) is 26.9 Å². The Balaban J connectivity index is 1.25. The van der Waals surface area contributed by atoms with Gasteiger partial charge in [0.1, 0.15) is 0 Å². The zero-order valence-electron chi connectivity index (χ0n) is 23.5. The van der Waals surface area contributed by atoms with Gasteiger partial charge in [-0.3, -0.25) is 9.38 Å². The van der Waals surface area contributed by atoms with Crippen LogP contribution in [0, 0.1) is 0 Å². The average Bonchev–Trinajstić information content (AvgIpc) is 3.67. The van der Waals surface area contributed by atoms with Crippen LogP contribution in [0.4, 0.5) is 0 Å². The van der Waals surface area contributed by atoms with E-state index in [9.17, 15) is 0 Å². The van der Waals surface area contributed by atoms with Crippen molar-refractivity contribution >= 4 is 80.6 Å². The number of aromatic nitrogens is 3. The Morgan fingerprint density at radius 1 is 0.568 bits per heavy atom. The molecule has 4 aromatic heterocycles. The van der Waals surface area contributed by atoms with Crippen LogP contribution in [0.3, 0.4) is 0 Å². The second-order valence-corrected chi connectivity index (χ2v) is 12.5. The maximum Gasteiger partial charge on any atom is 0.156 e. The summed E-state index contributed by atoms with van der Waals surface area (Å²) in [5.74, 6) is 0. The molecule has 0 saturated heterocycles. The van der Waals surface area contributed by atoms with Crippen LogP contribution in [0.25, 0.3) is 91.7 Å². The molecule has 204 valence electrons. The first-order valence-electron chi connectivity index (χ1n) is 14.8. The minimum absolute atomic E-state index is 1.01. The van der Waals surface area contributed by atoms with E-state index in [0.717, 1.165) is 38.8 Å². The lowest BCUT2D eigenvalue weighted by atomic mass is 9.94. The van der Waals surface area contributed by atoms with Gasteiger partial charge in [0, 0.05) is 32.4 Å². The topological polar surface area (TPSA) is 30.2 Å². The van der Waals surface area contributed by atoms with Crippen LogP contribution in [0.15, 0.2) is 140 Å². The van der Waals surface area contributed by atoms with Crippen molar-refractivity contribution in [2.45, 2.75) is 0 Å². The van der Waals surface area contributed by atoms with Gasteiger partial charge in [-0.25, -0.2) is 4.98 Å². The molecule has 0 saturated carbocycles. The van der Waals surface area contributed by atoms with E-state index in [-0.39, 0.29) is 0 Å². The third kappa shape index (κ3) is 3.31. The van der Waals surface area contributed by atoms with Crippen LogP contribution in [0.1, 0.15) is 0 Å². The second kappa shape index (κ2) is 8.96. The number of para-hydroxylation sites is 2. The van der Waals surface area contributed by atoms with Gasteiger partial charge in [0.25, 0.3) is 0 Å². The molecule has 0 fully saturated rings. The van der Waals surface area contributed by atoms with E-state index in [1.807, 2.05) is 23.6 Å². The number of pyridine rings is 2. The fraction of sp³-hybridized carbons (Fsp3) is 0. The second-order valence-electron chi connectivity index (χ2n) is 11.4. The highest BCUT2D eigenvalue weighted by atomic mass is 32.1. The van der Waals surface area contributed by atoms with Gasteiger partial charge in [0.2, 0.25) is 0 Å². The fourth-order valence-corrected chi connectivity index (χ4v) is 8.19. The minimum Gasteiger partial charge on any atom is -0.291 e. The zero-order valence-corrected chi connectivity index (χ0v) is 24.3. The monoisotopic (exact) mass is 577 g/mol. The van der Waals surface area contributed by atoms with E-state index in [0.29, 0.717) is 0 Å². The van der Waals surface area contributed by atoms with Crippen molar-refractivity contribution < 1.29 is 0 Å². The Bertz CT molecular complexity index is 2770. The Kier molecular flexibility index (Phi) is 4.87. The molecule has 10 aromatic rings. The lowest BCUT2D eigenvalue weighted by molar-refractivity contribution is 1.25. The maximum atomic E-state index is 5.20. The van der Waals surface area contributed by atoms with Crippen molar-refractivity contribution in [2.75, 3.05) is 0 Å². The van der Waals surface area contributed by atoms with Crippen LogP contribution in [0.2, 0.25) is 0 Å². The van der Waals surface area contributed by atoms with E-state index in [2.05, 4.69) is 132 Å². The number of imidazole rings is 1. The summed E-state index contributed by atoms with van der Waals surface area (Å²) in [6.07, 6.45) is 1.88. The standard InChI is InChI=1S/C40H23N3S/c1-2-10-28-24(8-1)19-20-36-37(28)32-23-35(43-34-14-6-5-13-33(34)42-40(43)39(32)44-36)26-17-15-25(16-18-26)31-22-27-9-7-21-41-38(27)30-12-4-3-11-29(30)31/h1-23H. The number of hydrogen-bond acceptors (Lipinski definition) is 3. The largest absolute Gasteiger partial charge is 0.291 e. The molecule has 10 rings (SSSR count). The number of hydrogen-bond donors (Lipinski definition) is 0. The number of benzene rings is 6. The molecule has 3 nitrogen and oxygen atoms in total. The van der Waals surface area contributed by atoms with E-state index in [4.69, 9.17) is 9.97 Å². The number of fused-ring (bicyclic) bond motifs is 12. The first kappa shape index (κ1) is 23.9. The Hall–Kier alpha value is -5.58. The van der Waals surface area contributed by atoms with E-state index in [1.165, 1.54) is 52.8 Å². The highest BCUT2D eigenvalue weighted by Crippen LogP contribution is 2.43. The fourth-order valence-electron chi connectivity index (χ4n) is 7.01. The predicted molar refractivity (Wildman–Crippen MR) is 187 cm³/mol. The molecule has 0 aliphatic heterocycles. The van der Waals surface area contributed by atoms with Crippen molar-refractivity contribution in [2.24, 2.45) is 0 Å². The first-order chi connectivity index (χ1) is 21.8. The van der Waals surface area contributed by atoms with Crippen molar-refractivity contribution in [3.8, 4) is 22.4 Å². The summed E-state index contributed by atoms with van der Waals surface area (Å²) in [4.78, 5) is 9.90. The summed E-state index contributed by atoms with van der Waals surface area (Å²) in [6, 6.07) is 48.1. The third-order valence-electron chi connectivity index (χ3n) is 9.01. The molecule has 0 unspecified atom stereocenters. The Morgan fingerprint density at radius 2 is 1.32 bits per heavy atom. The molecule has 0 amide bonds. The average molecular weight is 578 g/mol. The normalized spacial score (nSPS) is 12.1. The lowest BCUT2D eigenvalue weighted by Gasteiger charge is -2.12. The highest BCUT2D eigenvalue weighted by Gasteiger charge is 2.19. The summed E-state index contributed by atoms with van der Waals surface area (Å²) in [5.41, 5.74) is 8.91. The molecule has 44 heavy (non-hydrogen) atoms. The number of rotatable bonds is 2. The minimum atomic E-state index is 1.01. The van der Waals surface area contributed by atoms with Crippen molar-refractivity contribution in [1.82, 2.24) is 14.4 Å². The highest BCUT2D eigenvalue weighted by molar-refractivity contribution is 7.26. The van der Waals surface area contributed by atoms with Gasteiger partial charge in [-0.1, -0.05) is 97.1 Å². The zero-order chi connectivity index (χ0) is 28.8. The van der Waals surface area contributed by atoms with Crippen LogP contribution < -0.4 is 0 Å². The number of nitrogens with zero attached hydrogens (tertiary/aromatic N) is 3. The summed E-state index contributed by atoms with van der Waals surface area (Å²) < 4.78 is 4.86. The quantitative estimate of drug-likeness (QED) is 0.191. The lowest BCUT2D eigenvalue weighted by Crippen LogP contribution is -1.93. The summed E-state index contributed by atoms with van der Waals surface area (Å²) in [5, 5.41) is 8.67. The third-order valence-corrected chi connectivity index (χ3v) is 10.2. The van der Waals surface area contributed by atoms with Gasteiger partial charge in [0.15, 0.2) is 5.65 Å². The molecule has 0 radical (unpaired) electrons. The van der Waals surface area contributed by atoms with Crippen molar-refractivity contribution in [3.05, 3.63) is 140 Å². The number of thiophene rings is 1. The summed E-state index contributed by atoms with van der Waals surface area (Å²) in [7, 11) is 0. The Labute approximate surface area is 256 Å². The van der Waals surface area contributed by atoms with Crippen LogP contribution in [-0.4, -0.2) is 14.4 Å². The van der Waals surface area contributed by atoms with Gasteiger partial charge >= 0.3 is 0 Å². The van der Waals surface area contributed by atoms with Gasteiger partial charge < -0.3 is 0 Å². The van der Waals surface area contributed by atoms with Gasteiger partial charge in [-0.05, 0) is 69.2 Å². The molecular weight excluding hydrogens is 555 g/mol. The van der Waals surface area contributed by atoms with Gasteiger partial charge in [-0.2, -0.15) is 0 Å². The van der Waals surface area contributed by atoms with Crippen LogP contribution in [-0.2, 0) is 0 Å². The molecule has 0 atom stereocenters. The predicted octanol–water partition coefficient (Wildman–Crippen LogP) is 11.0. The molecule has 4 heteroatoms. The molecule has 0 N–H and O–H groups in total. The molecule has 0 bridgehead atoms. The van der Waals surface area contributed by atoms with E-state index >= 15 is 0 Å². The summed E-state index contributed by atoms with van der Waals surface area (Å²) >= 11 is 1.84. The van der Waals surface area contributed by atoms with Crippen LogP contribution >= 0.6 is 11.3 Å². The smallest absolute Gasteiger partial charge is 0.156 e. The SMILES string of the molecule is c1ccc2c(c1)ccc1sc3c(cc(-c4ccc(-c5cc6cccnc6c6ccccc56)cc4)n4c5ccccc5nc34)c12. The first-order valence-corrected chi connectivity index (χ1v) is 15.6. The molecule has 0 aliphatic carbocycles. The van der Waals surface area contributed by atoms with Crippen LogP contribution in [0.5, 0.6) is 0 Å².